The summed E-state index contributed by atoms with van der Waals surface area (Å²) in [5, 5.41) is 7.09. The van der Waals surface area contributed by atoms with Gasteiger partial charge in [-0.05, 0) is 6.07 Å². The van der Waals surface area contributed by atoms with Crippen LogP contribution < -0.4 is 5.56 Å². The van der Waals surface area contributed by atoms with Crippen LogP contribution in [-0.2, 0) is 4.74 Å². The maximum Gasteiger partial charge on any atom is 0.396 e. The van der Waals surface area contributed by atoms with Gasteiger partial charge in [0.2, 0.25) is 5.56 Å². The second-order valence-electron chi connectivity index (χ2n) is 2.83. The Morgan fingerprint density at radius 1 is 1.44 bits per heavy atom. The van der Waals surface area contributed by atoms with Crippen LogP contribution in [0.15, 0.2) is 27.4 Å². The molecule has 7 heteroatoms. The van der Waals surface area contributed by atoms with E-state index in [1.807, 2.05) is 0 Å². The monoisotopic (exact) mass is 221 g/mol. The van der Waals surface area contributed by atoms with Crippen molar-refractivity contribution < 1.29 is 13.9 Å². The van der Waals surface area contributed by atoms with Gasteiger partial charge in [-0.15, -0.1) is 10.2 Å². The average molecular weight is 221 g/mol. The molecule has 0 saturated heterocycles. The molecule has 2 heterocycles. The number of hydrogen-bond donors (Lipinski definition) is 1. The maximum atomic E-state index is 11.0. The zero-order valence-electron chi connectivity index (χ0n) is 8.26. The zero-order chi connectivity index (χ0) is 11.5. The van der Waals surface area contributed by atoms with Crippen molar-refractivity contribution in [3.8, 4) is 11.6 Å². The first-order chi connectivity index (χ1) is 7.70. The van der Waals surface area contributed by atoms with E-state index in [1.165, 1.54) is 19.2 Å². The summed E-state index contributed by atoms with van der Waals surface area (Å²) in [5.74, 6) is -0.933. The lowest BCUT2D eigenvalue weighted by Gasteiger charge is -1.92. The summed E-state index contributed by atoms with van der Waals surface area (Å²) in [6, 6.07) is 4.47. The number of esters is 1. The van der Waals surface area contributed by atoms with Gasteiger partial charge >= 0.3 is 11.9 Å². The quantitative estimate of drug-likeness (QED) is 0.728. The molecule has 82 valence electrons. The molecule has 1 N–H and O–H groups in total. The van der Waals surface area contributed by atoms with E-state index in [1.54, 1.807) is 6.07 Å². The molecule has 0 unspecified atom stereocenters. The maximum absolute atomic E-state index is 11.0. The van der Waals surface area contributed by atoms with Gasteiger partial charge in [-0.3, -0.25) is 4.79 Å². The topological polar surface area (TPSA) is 98.1 Å². The Morgan fingerprint density at radius 3 is 2.94 bits per heavy atom. The van der Waals surface area contributed by atoms with Gasteiger partial charge in [0.25, 0.3) is 5.89 Å². The third kappa shape index (κ3) is 1.83. The van der Waals surface area contributed by atoms with Crippen molar-refractivity contribution in [3.05, 3.63) is 34.4 Å². The molecule has 0 spiro atoms. The van der Waals surface area contributed by atoms with Crippen molar-refractivity contribution in [1.82, 2.24) is 15.2 Å². The zero-order valence-corrected chi connectivity index (χ0v) is 8.26. The van der Waals surface area contributed by atoms with Crippen molar-refractivity contribution in [2.45, 2.75) is 0 Å². The molecule has 0 bridgehead atoms. The predicted molar refractivity (Wildman–Crippen MR) is 51.7 cm³/mol. The van der Waals surface area contributed by atoms with Crippen LogP contribution in [0.2, 0.25) is 0 Å². The molecule has 0 aromatic carbocycles. The van der Waals surface area contributed by atoms with Gasteiger partial charge in [0, 0.05) is 6.07 Å². The SMILES string of the molecule is COC(=O)c1nnc(-c2cccc(=O)[nH]2)o1. The third-order valence-electron chi connectivity index (χ3n) is 1.78. The number of methoxy groups -OCH3 is 1. The van der Waals surface area contributed by atoms with Gasteiger partial charge in [-0.1, -0.05) is 6.07 Å². The molecular formula is C9H7N3O4. The second-order valence-corrected chi connectivity index (χ2v) is 2.83. The number of aromatic nitrogens is 3. The Kier molecular flexibility index (Phi) is 2.50. The summed E-state index contributed by atoms with van der Waals surface area (Å²) in [6.45, 7) is 0. The van der Waals surface area contributed by atoms with Crippen LogP contribution in [0, 0.1) is 0 Å². The van der Waals surface area contributed by atoms with Crippen LogP contribution in [0.3, 0.4) is 0 Å². The molecular weight excluding hydrogens is 214 g/mol. The van der Waals surface area contributed by atoms with Crippen LogP contribution in [-0.4, -0.2) is 28.3 Å². The fourth-order valence-corrected chi connectivity index (χ4v) is 1.07. The molecule has 0 amide bonds. The molecule has 2 aromatic heterocycles. The minimum absolute atomic E-state index is 0.0538. The van der Waals surface area contributed by atoms with Crippen LogP contribution in [0.5, 0.6) is 0 Å². The Labute approximate surface area is 89.1 Å². The van der Waals surface area contributed by atoms with Gasteiger partial charge in [-0.2, -0.15) is 0 Å². The highest BCUT2D eigenvalue weighted by molar-refractivity contribution is 5.84. The molecule has 0 radical (unpaired) electrons. The third-order valence-corrected chi connectivity index (χ3v) is 1.78. The molecule has 0 atom stereocenters. The van der Waals surface area contributed by atoms with E-state index in [-0.39, 0.29) is 17.3 Å². The standard InChI is InChI=1S/C9H7N3O4/c1-15-9(14)8-12-11-7(16-8)5-3-2-4-6(13)10-5/h2-4H,1H3,(H,10,13). The van der Waals surface area contributed by atoms with E-state index in [9.17, 15) is 9.59 Å². The fraction of sp³-hybridized carbons (Fsp3) is 0.111. The second kappa shape index (κ2) is 3.97. The van der Waals surface area contributed by atoms with Crippen LogP contribution >= 0.6 is 0 Å². The summed E-state index contributed by atoms with van der Waals surface area (Å²) < 4.78 is 9.41. The molecule has 0 saturated carbocycles. The van der Waals surface area contributed by atoms with Gasteiger partial charge in [-0.25, -0.2) is 4.79 Å². The first-order valence-electron chi connectivity index (χ1n) is 4.32. The number of nitrogens with one attached hydrogen (secondary N) is 1. The molecule has 7 nitrogen and oxygen atoms in total. The normalized spacial score (nSPS) is 10.1. The Hall–Kier alpha value is -2.44. The minimum atomic E-state index is -0.725. The number of hydrogen-bond acceptors (Lipinski definition) is 6. The number of ether oxygens (including phenoxy) is 1. The number of carbonyl (C=O) groups excluding carboxylic acids is 1. The minimum Gasteiger partial charge on any atom is -0.462 e. The van der Waals surface area contributed by atoms with Crippen LogP contribution in [0.25, 0.3) is 11.6 Å². The highest BCUT2D eigenvalue weighted by atomic mass is 16.5. The van der Waals surface area contributed by atoms with E-state index < -0.39 is 5.97 Å². The highest BCUT2D eigenvalue weighted by Crippen LogP contribution is 2.13. The fourth-order valence-electron chi connectivity index (χ4n) is 1.07. The predicted octanol–water partition coefficient (Wildman–Crippen LogP) is 0.211. The number of rotatable bonds is 2. The van der Waals surface area contributed by atoms with E-state index >= 15 is 0 Å². The van der Waals surface area contributed by atoms with E-state index in [0.717, 1.165) is 0 Å². The van der Waals surface area contributed by atoms with Crippen molar-refractivity contribution >= 4 is 5.97 Å². The molecule has 0 aliphatic carbocycles. The lowest BCUT2D eigenvalue weighted by Crippen LogP contribution is -2.03. The first kappa shape index (κ1) is 10.1. The Morgan fingerprint density at radius 2 is 2.25 bits per heavy atom. The Bertz CT molecular complexity index is 572. The van der Waals surface area contributed by atoms with Crippen molar-refractivity contribution in [2.24, 2.45) is 0 Å². The van der Waals surface area contributed by atoms with Crippen molar-refractivity contribution in [3.63, 3.8) is 0 Å². The van der Waals surface area contributed by atoms with E-state index in [4.69, 9.17) is 4.42 Å². The van der Waals surface area contributed by atoms with Gasteiger partial charge in [0.05, 0.1) is 7.11 Å². The molecule has 2 aromatic rings. The van der Waals surface area contributed by atoms with Gasteiger partial charge in [0.15, 0.2) is 0 Å². The van der Waals surface area contributed by atoms with Crippen LogP contribution in [0.4, 0.5) is 0 Å². The Balaban J connectivity index is 2.39. The number of H-pyrrole nitrogens is 1. The molecule has 16 heavy (non-hydrogen) atoms. The lowest BCUT2D eigenvalue weighted by molar-refractivity contribution is 0.0556. The highest BCUT2D eigenvalue weighted by Gasteiger charge is 2.16. The number of pyridine rings is 1. The van der Waals surface area contributed by atoms with Gasteiger partial charge < -0.3 is 14.1 Å². The van der Waals surface area contributed by atoms with Gasteiger partial charge in [0.1, 0.15) is 5.69 Å². The smallest absolute Gasteiger partial charge is 0.396 e. The van der Waals surface area contributed by atoms with E-state index in [0.29, 0.717) is 5.69 Å². The number of carbonyl (C=O) groups is 1. The number of aromatic amines is 1. The van der Waals surface area contributed by atoms with Crippen molar-refractivity contribution in [2.75, 3.05) is 7.11 Å². The molecule has 0 fully saturated rings. The van der Waals surface area contributed by atoms with Crippen LogP contribution in [0.1, 0.15) is 10.7 Å². The molecule has 0 aliphatic rings. The average Bonchev–Trinajstić information content (AvgIpc) is 2.77. The summed E-state index contributed by atoms with van der Waals surface area (Å²) in [5.41, 5.74) is 0.0467. The summed E-state index contributed by atoms with van der Waals surface area (Å²) in [6.07, 6.45) is 0. The summed E-state index contributed by atoms with van der Waals surface area (Å²) in [7, 11) is 1.20. The number of nitrogens with zero attached hydrogens (tertiary/aromatic N) is 2. The van der Waals surface area contributed by atoms with Crippen molar-refractivity contribution in [1.29, 1.82) is 0 Å². The largest absolute Gasteiger partial charge is 0.462 e. The summed E-state index contributed by atoms with van der Waals surface area (Å²) >= 11 is 0. The van der Waals surface area contributed by atoms with E-state index in [2.05, 4.69) is 19.9 Å². The lowest BCUT2D eigenvalue weighted by atomic mass is 10.3. The molecule has 2 rings (SSSR count). The molecule has 0 aliphatic heterocycles. The summed E-state index contributed by atoms with van der Waals surface area (Å²) in [4.78, 5) is 24.5. The first-order valence-corrected chi connectivity index (χ1v) is 4.32.